The zero-order valence-corrected chi connectivity index (χ0v) is 11.9. The van der Waals surface area contributed by atoms with E-state index < -0.39 is 0 Å². The number of allylic oxidation sites excluding steroid dienone is 2. The average Bonchev–Trinajstić information content (AvgIpc) is 2.98. The highest BCUT2D eigenvalue weighted by atomic mass is 15.1. The van der Waals surface area contributed by atoms with Gasteiger partial charge in [0.05, 0.1) is 0 Å². The maximum Gasteiger partial charge on any atom is 0.00729 e. The van der Waals surface area contributed by atoms with Crippen LogP contribution in [0.3, 0.4) is 0 Å². The monoisotopic (exact) mass is 248 g/mol. The maximum atomic E-state index is 3.84. The molecule has 3 rings (SSSR count). The normalized spacial score (nSPS) is 41.4. The topological polar surface area (TPSA) is 15.3 Å². The molecule has 5 atom stereocenters. The first-order valence-corrected chi connectivity index (χ1v) is 7.82. The van der Waals surface area contributed by atoms with Gasteiger partial charge in [0.15, 0.2) is 0 Å². The molecule has 0 amide bonds. The van der Waals surface area contributed by atoms with Gasteiger partial charge in [0.1, 0.15) is 0 Å². The predicted molar refractivity (Wildman–Crippen MR) is 76.5 cm³/mol. The van der Waals surface area contributed by atoms with Crippen LogP contribution in [0.1, 0.15) is 32.6 Å². The van der Waals surface area contributed by atoms with Crippen molar-refractivity contribution in [2.75, 3.05) is 26.7 Å². The van der Waals surface area contributed by atoms with E-state index in [1.807, 2.05) is 0 Å². The minimum Gasteiger partial charge on any atom is -0.314 e. The molecule has 1 saturated carbocycles. The second-order valence-corrected chi connectivity index (χ2v) is 6.91. The number of hydrogen-bond donors (Lipinski definition) is 1. The average molecular weight is 248 g/mol. The molecule has 0 aromatic rings. The maximum absolute atomic E-state index is 3.84. The SMILES string of the molecule is CC(NCC1CCCN(C)C1)C1CC2C=CC1C2. The Morgan fingerprint density at radius 2 is 2.22 bits per heavy atom. The van der Waals surface area contributed by atoms with Gasteiger partial charge in [0, 0.05) is 12.6 Å². The van der Waals surface area contributed by atoms with Gasteiger partial charge in [-0.25, -0.2) is 0 Å². The summed E-state index contributed by atoms with van der Waals surface area (Å²) >= 11 is 0. The van der Waals surface area contributed by atoms with Crippen LogP contribution in [-0.4, -0.2) is 37.6 Å². The van der Waals surface area contributed by atoms with Crippen molar-refractivity contribution in [3.05, 3.63) is 12.2 Å². The van der Waals surface area contributed by atoms with Crippen molar-refractivity contribution in [3.8, 4) is 0 Å². The number of rotatable bonds is 4. The summed E-state index contributed by atoms with van der Waals surface area (Å²) in [5.74, 6) is 3.57. The van der Waals surface area contributed by atoms with Crippen molar-refractivity contribution >= 4 is 0 Å². The molecular formula is C16H28N2. The Morgan fingerprint density at radius 3 is 2.89 bits per heavy atom. The molecule has 1 N–H and O–H groups in total. The van der Waals surface area contributed by atoms with Crippen LogP contribution in [0.5, 0.6) is 0 Å². The highest BCUT2D eigenvalue weighted by Gasteiger charge is 2.38. The van der Waals surface area contributed by atoms with E-state index in [0.717, 1.165) is 23.7 Å². The number of likely N-dealkylation sites (tertiary alicyclic amines) is 1. The van der Waals surface area contributed by atoms with Crippen LogP contribution in [0, 0.1) is 23.7 Å². The van der Waals surface area contributed by atoms with Gasteiger partial charge < -0.3 is 10.2 Å². The lowest BCUT2D eigenvalue weighted by molar-refractivity contribution is 0.196. The molecule has 2 aliphatic carbocycles. The predicted octanol–water partition coefficient (Wildman–Crippen LogP) is 2.52. The molecule has 0 aromatic carbocycles. The standard InChI is InChI=1S/C16H28N2/c1-12(16-9-13-5-6-15(16)8-13)17-10-14-4-3-7-18(2)11-14/h5-6,12-17H,3-4,7-11H2,1-2H3. The van der Waals surface area contributed by atoms with Crippen LogP contribution in [0.2, 0.25) is 0 Å². The van der Waals surface area contributed by atoms with Gasteiger partial charge in [0.25, 0.3) is 0 Å². The zero-order chi connectivity index (χ0) is 12.5. The molecule has 0 spiro atoms. The van der Waals surface area contributed by atoms with Crippen LogP contribution in [0.25, 0.3) is 0 Å². The minimum absolute atomic E-state index is 0.706. The van der Waals surface area contributed by atoms with E-state index in [-0.39, 0.29) is 0 Å². The number of nitrogens with zero attached hydrogens (tertiary/aromatic N) is 1. The Balaban J connectivity index is 1.44. The summed E-state index contributed by atoms with van der Waals surface area (Å²) in [6.07, 6.45) is 10.6. The molecule has 2 nitrogen and oxygen atoms in total. The van der Waals surface area contributed by atoms with Crippen LogP contribution >= 0.6 is 0 Å². The van der Waals surface area contributed by atoms with Crippen LogP contribution in [0.4, 0.5) is 0 Å². The van der Waals surface area contributed by atoms with Crippen molar-refractivity contribution in [2.45, 2.75) is 38.6 Å². The third kappa shape index (κ3) is 2.65. The van der Waals surface area contributed by atoms with E-state index in [9.17, 15) is 0 Å². The Hall–Kier alpha value is -0.340. The van der Waals surface area contributed by atoms with Gasteiger partial charge in [-0.15, -0.1) is 0 Å². The zero-order valence-electron chi connectivity index (χ0n) is 11.9. The van der Waals surface area contributed by atoms with Gasteiger partial charge in [-0.1, -0.05) is 12.2 Å². The lowest BCUT2D eigenvalue weighted by Crippen LogP contribution is -2.42. The van der Waals surface area contributed by atoms with Crippen molar-refractivity contribution < 1.29 is 0 Å². The van der Waals surface area contributed by atoms with E-state index in [1.54, 1.807) is 0 Å². The third-order valence-corrected chi connectivity index (χ3v) is 5.42. The molecule has 18 heavy (non-hydrogen) atoms. The van der Waals surface area contributed by atoms with Crippen molar-refractivity contribution in [2.24, 2.45) is 23.7 Å². The van der Waals surface area contributed by atoms with Crippen molar-refractivity contribution in [3.63, 3.8) is 0 Å². The second-order valence-electron chi connectivity index (χ2n) is 6.91. The largest absolute Gasteiger partial charge is 0.314 e. The summed E-state index contributed by atoms with van der Waals surface area (Å²) in [4.78, 5) is 2.49. The molecule has 2 fully saturated rings. The van der Waals surface area contributed by atoms with Gasteiger partial charge >= 0.3 is 0 Å². The number of nitrogens with one attached hydrogen (secondary N) is 1. The lowest BCUT2D eigenvalue weighted by Gasteiger charge is -2.32. The summed E-state index contributed by atoms with van der Waals surface area (Å²) in [7, 11) is 2.26. The molecule has 0 radical (unpaired) electrons. The van der Waals surface area contributed by atoms with Gasteiger partial charge in [-0.2, -0.15) is 0 Å². The van der Waals surface area contributed by atoms with E-state index in [0.29, 0.717) is 6.04 Å². The van der Waals surface area contributed by atoms with E-state index >= 15 is 0 Å². The van der Waals surface area contributed by atoms with Crippen LogP contribution in [-0.2, 0) is 0 Å². The molecule has 2 bridgehead atoms. The lowest BCUT2D eigenvalue weighted by atomic mass is 9.87. The van der Waals surface area contributed by atoms with Crippen molar-refractivity contribution in [1.82, 2.24) is 10.2 Å². The molecule has 2 heteroatoms. The van der Waals surface area contributed by atoms with E-state index in [4.69, 9.17) is 0 Å². The Labute approximate surface area is 112 Å². The molecule has 1 saturated heterocycles. The summed E-state index contributed by atoms with van der Waals surface area (Å²) in [6, 6.07) is 0.706. The fourth-order valence-electron chi connectivity index (χ4n) is 4.34. The van der Waals surface area contributed by atoms with E-state index in [1.165, 1.54) is 45.3 Å². The summed E-state index contributed by atoms with van der Waals surface area (Å²) < 4.78 is 0. The Kier molecular flexibility index (Phi) is 3.76. The van der Waals surface area contributed by atoms with Crippen LogP contribution in [0.15, 0.2) is 12.2 Å². The molecule has 102 valence electrons. The second kappa shape index (κ2) is 5.34. The Bertz CT molecular complexity index is 312. The van der Waals surface area contributed by atoms with Gasteiger partial charge in [-0.05, 0) is 76.4 Å². The minimum atomic E-state index is 0.706. The summed E-state index contributed by atoms with van der Waals surface area (Å²) in [5.41, 5.74) is 0. The molecule has 0 aromatic heterocycles. The summed E-state index contributed by atoms with van der Waals surface area (Å²) in [6.45, 7) is 6.22. The first-order chi connectivity index (χ1) is 8.72. The quantitative estimate of drug-likeness (QED) is 0.769. The van der Waals surface area contributed by atoms with Crippen LogP contribution < -0.4 is 5.32 Å². The molecule has 1 aliphatic heterocycles. The Morgan fingerprint density at radius 1 is 1.33 bits per heavy atom. The first kappa shape index (κ1) is 12.7. The molecule has 1 heterocycles. The molecule has 3 aliphatic rings. The fraction of sp³-hybridized carbons (Fsp3) is 0.875. The molecular weight excluding hydrogens is 220 g/mol. The highest BCUT2D eigenvalue weighted by molar-refractivity contribution is 5.11. The van der Waals surface area contributed by atoms with Gasteiger partial charge in [-0.3, -0.25) is 0 Å². The van der Waals surface area contributed by atoms with Crippen molar-refractivity contribution in [1.29, 1.82) is 0 Å². The first-order valence-electron chi connectivity index (χ1n) is 7.82. The fourth-order valence-corrected chi connectivity index (χ4v) is 4.34. The van der Waals surface area contributed by atoms with Gasteiger partial charge in [0.2, 0.25) is 0 Å². The van der Waals surface area contributed by atoms with E-state index in [2.05, 4.69) is 36.3 Å². The molecule has 5 unspecified atom stereocenters. The smallest absolute Gasteiger partial charge is 0.00729 e. The third-order valence-electron chi connectivity index (χ3n) is 5.42. The number of hydrogen-bond acceptors (Lipinski definition) is 2. The number of piperidine rings is 1. The number of fused-ring (bicyclic) bond motifs is 2. The highest BCUT2D eigenvalue weighted by Crippen LogP contribution is 2.44. The summed E-state index contributed by atoms with van der Waals surface area (Å²) in [5, 5.41) is 3.84.